The van der Waals surface area contributed by atoms with Crippen LogP contribution in [0.5, 0.6) is 5.75 Å². The fourth-order valence-electron chi connectivity index (χ4n) is 6.89. The van der Waals surface area contributed by atoms with Crippen LogP contribution < -0.4 is 21.7 Å². The summed E-state index contributed by atoms with van der Waals surface area (Å²) in [5.41, 5.74) is -0.309. The molecule has 5 aromatic rings. The van der Waals surface area contributed by atoms with Gasteiger partial charge in [-0.2, -0.15) is 0 Å². The summed E-state index contributed by atoms with van der Waals surface area (Å²) in [5.74, 6) is -6.55. The average Bonchev–Trinajstić information content (AvgIpc) is 3.18. The summed E-state index contributed by atoms with van der Waals surface area (Å²) in [5, 5.41) is 0. The van der Waals surface area contributed by atoms with E-state index < -0.39 is 64.7 Å². The van der Waals surface area contributed by atoms with E-state index in [1.54, 1.807) is 104 Å². The lowest BCUT2D eigenvalue weighted by molar-refractivity contribution is -0.908. The van der Waals surface area contributed by atoms with Gasteiger partial charge in [0, 0.05) is 36.7 Å². The number of benzene rings is 5. The number of halogens is 4. The van der Waals surface area contributed by atoms with Crippen molar-refractivity contribution < 1.29 is 62.6 Å². The topological polar surface area (TPSA) is 72.9 Å². The molecule has 1 fully saturated rings. The third kappa shape index (κ3) is 9.45. The molecule has 1 saturated heterocycles. The molecule has 1 amide bonds. The van der Waals surface area contributed by atoms with E-state index in [-0.39, 0.29) is 66.5 Å². The van der Waals surface area contributed by atoms with Crippen LogP contribution in [0.3, 0.4) is 0 Å². The van der Waals surface area contributed by atoms with Crippen molar-refractivity contribution in [1.82, 2.24) is 4.90 Å². The Morgan fingerprint density at radius 1 is 0.796 bits per heavy atom. The van der Waals surface area contributed by atoms with Crippen molar-refractivity contribution in [2.45, 2.75) is 25.0 Å². The number of carbonyl (C=O) groups excluding carboxylic acids is 3. The Morgan fingerprint density at radius 2 is 1.41 bits per heavy atom. The van der Waals surface area contributed by atoms with Crippen LogP contribution in [-0.4, -0.2) is 60.9 Å². The molecular weight excluding hydrogens is 761 g/mol. The SMILES string of the molecule is [2H]C([2H])([2H])[N+](C)(Cc1ccccc1)C[C@@H]1CN(C(=O)Cc2cc(F)c(F)cc2F)CC[C@@]1(OC(=O)c1ccccc1)c1cccc(OC(=O)c2ccccc2)c1.[Br-]. The van der Waals surface area contributed by atoms with Crippen LogP contribution in [0.25, 0.3) is 0 Å². The summed E-state index contributed by atoms with van der Waals surface area (Å²) in [6.07, 6.45) is -0.655. The largest absolute Gasteiger partial charge is 1.00 e. The van der Waals surface area contributed by atoms with Gasteiger partial charge in [-0.3, -0.25) is 4.79 Å². The number of likely N-dealkylation sites (tertiary alicyclic amines) is 1. The molecule has 280 valence electrons. The zero-order valence-corrected chi connectivity index (χ0v) is 31.0. The third-order valence-electron chi connectivity index (χ3n) is 9.46. The number of piperidine rings is 1. The lowest BCUT2D eigenvalue weighted by Crippen LogP contribution is -3.00. The third-order valence-corrected chi connectivity index (χ3v) is 9.46. The van der Waals surface area contributed by atoms with Crippen LogP contribution in [-0.2, 0) is 28.1 Å². The van der Waals surface area contributed by atoms with Gasteiger partial charge in [0.1, 0.15) is 23.7 Å². The maximum atomic E-state index is 14.7. The maximum absolute atomic E-state index is 14.7. The van der Waals surface area contributed by atoms with Crippen LogP contribution in [0, 0.1) is 23.4 Å². The summed E-state index contributed by atoms with van der Waals surface area (Å²) >= 11 is 0. The number of amides is 1. The Kier molecular flexibility index (Phi) is 11.4. The molecule has 7 nitrogen and oxygen atoms in total. The Hall–Kier alpha value is -5.26. The molecule has 0 bridgehead atoms. The van der Waals surface area contributed by atoms with Gasteiger partial charge in [0.2, 0.25) is 5.91 Å². The number of nitrogens with zero attached hydrogens (tertiary/aromatic N) is 2. The van der Waals surface area contributed by atoms with Gasteiger partial charge < -0.3 is 35.8 Å². The van der Waals surface area contributed by atoms with E-state index in [9.17, 15) is 27.6 Å². The number of carbonyl (C=O) groups is 3. The summed E-state index contributed by atoms with van der Waals surface area (Å²) in [7, 11) is 1.57. The van der Waals surface area contributed by atoms with Gasteiger partial charge in [0.25, 0.3) is 0 Å². The Morgan fingerprint density at radius 3 is 2.06 bits per heavy atom. The van der Waals surface area contributed by atoms with Gasteiger partial charge in [-0.05, 0) is 48.0 Å². The molecule has 0 spiro atoms. The van der Waals surface area contributed by atoms with E-state index in [1.807, 2.05) is 18.2 Å². The van der Waals surface area contributed by atoms with Gasteiger partial charge in [0.05, 0.1) is 48.1 Å². The average molecular weight is 805 g/mol. The quantitative estimate of drug-likeness (QED) is 0.0836. The highest BCUT2D eigenvalue weighted by Gasteiger charge is 2.51. The highest BCUT2D eigenvalue weighted by molar-refractivity contribution is 5.91. The number of hydrogen-bond donors (Lipinski definition) is 0. The summed E-state index contributed by atoms with van der Waals surface area (Å²) in [6, 6.07) is 33.1. The minimum Gasteiger partial charge on any atom is -1.00 e. The molecule has 0 saturated carbocycles. The number of esters is 2. The van der Waals surface area contributed by atoms with Gasteiger partial charge in [-0.25, -0.2) is 22.8 Å². The van der Waals surface area contributed by atoms with E-state index in [2.05, 4.69) is 0 Å². The van der Waals surface area contributed by atoms with E-state index in [4.69, 9.17) is 13.6 Å². The van der Waals surface area contributed by atoms with Gasteiger partial charge in [0.15, 0.2) is 11.6 Å². The molecule has 1 aliphatic heterocycles. The zero-order chi connectivity index (χ0) is 40.1. The summed E-state index contributed by atoms with van der Waals surface area (Å²) in [4.78, 5) is 42.5. The molecule has 1 unspecified atom stereocenters. The van der Waals surface area contributed by atoms with Gasteiger partial charge in [-0.1, -0.05) is 78.9 Å². The fourth-order valence-corrected chi connectivity index (χ4v) is 6.89. The maximum Gasteiger partial charge on any atom is 0.343 e. The second kappa shape index (κ2) is 17.3. The van der Waals surface area contributed by atoms with E-state index >= 15 is 0 Å². The predicted octanol–water partition coefficient (Wildman–Crippen LogP) is 4.75. The first-order valence-electron chi connectivity index (χ1n) is 18.6. The molecule has 54 heavy (non-hydrogen) atoms. The molecule has 5 aromatic carbocycles. The van der Waals surface area contributed by atoms with E-state index in [1.165, 1.54) is 4.90 Å². The minimum atomic E-state index is -2.61. The van der Waals surface area contributed by atoms with Crippen LogP contribution in [0.1, 0.15) is 47.9 Å². The molecule has 3 atom stereocenters. The van der Waals surface area contributed by atoms with Crippen molar-refractivity contribution in [2.24, 2.45) is 5.92 Å². The number of quaternary nitrogens is 1. The molecule has 0 N–H and O–H groups in total. The van der Waals surface area contributed by atoms with Crippen LogP contribution >= 0.6 is 0 Å². The first-order chi connectivity index (χ1) is 26.7. The molecule has 0 aromatic heterocycles. The van der Waals surface area contributed by atoms with Crippen LogP contribution in [0.4, 0.5) is 13.2 Å². The van der Waals surface area contributed by atoms with Crippen molar-refractivity contribution >= 4 is 17.8 Å². The van der Waals surface area contributed by atoms with Crippen LogP contribution in [0.2, 0.25) is 0 Å². The lowest BCUT2D eigenvalue weighted by Gasteiger charge is -2.49. The molecule has 1 heterocycles. The molecular formula is C43H40BrF3N2O5. The van der Waals surface area contributed by atoms with E-state index in [0.29, 0.717) is 23.3 Å². The highest BCUT2D eigenvalue weighted by Crippen LogP contribution is 2.44. The summed E-state index contributed by atoms with van der Waals surface area (Å²) < 4.78 is 80.7. The molecule has 11 heteroatoms. The van der Waals surface area contributed by atoms with Crippen molar-refractivity contribution in [2.75, 3.05) is 33.7 Å². The van der Waals surface area contributed by atoms with Crippen molar-refractivity contribution in [1.29, 1.82) is 0 Å². The number of rotatable bonds is 11. The van der Waals surface area contributed by atoms with E-state index in [0.717, 1.165) is 5.56 Å². The normalized spacial score (nSPS) is 18.9. The fraction of sp³-hybridized carbons (Fsp3) is 0.233. The van der Waals surface area contributed by atoms with Crippen LogP contribution in [0.15, 0.2) is 127 Å². The first-order valence-corrected chi connectivity index (χ1v) is 17.1. The Balaban J connectivity index is 0.00000620. The number of hydrogen-bond acceptors (Lipinski definition) is 5. The number of ether oxygens (including phenoxy) is 2. The van der Waals surface area contributed by atoms with Crippen molar-refractivity contribution in [3.8, 4) is 5.75 Å². The molecule has 6 rings (SSSR count). The molecule has 0 aliphatic carbocycles. The molecule has 0 radical (unpaired) electrons. The predicted molar refractivity (Wildman–Crippen MR) is 193 cm³/mol. The summed E-state index contributed by atoms with van der Waals surface area (Å²) in [6.45, 7) is -2.95. The first kappa shape index (κ1) is 35.8. The van der Waals surface area contributed by atoms with Gasteiger partial charge in [-0.15, -0.1) is 0 Å². The monoisotopic (exact) mass is 803 g/mol. The second-order valence-electron chi connectivity index (χ2n) is 13.5. The highest BCUT2D eigenvalue weighted by atomic mass is 79.9. The lowest BCUT2D eigenvalue weighted by atomic mass is 9.74. The minimum absolute atomic E-state index is 0. The van der Waals surface area contributed by atoms with Crippen molar-refractivity contribution in [3.05, 3.63) is 173 Å². The van der Waals surface area contributed by atoms with Crippen molar-refractivity contribution in [3.63, 3.8) is 0 Å². The van der Waals surface area contributed by atoms with Gasteiger partial charge >= 0.3 is 11.9 Å². The Labute approximate surface area is 327 Å². The molecule has 1 aliphatic rings. The zero-order valence-electron chi connectivity index (χ0n) is 32.4. The second-order valence-corrected chi connectivity index (χ2v) is 13.5. The Bertz CT molecular complexity index is 2200. The smallest absolute Gasteiger partial charge is 0.343 e. The standard InChI is InChI=1S/C43H40F3N2O5.BrH/c1-48(2,28-30-13-6-3-7-14-30)29-35-27-47(40(49)24-33-23-38(45)39(46)26-37(33)44)22-21-43(35,53-42(51)32-17-10-5-11-18-32)34-19-12-20-36(25-34)52-41(50)31-15-8-4-9-16-31;/h3-20,23,25-26,35H,21-22,24,27-29H2,1-2H3;1H/q+1;/p-1/t35-,43+;/m0./s1/i1D3;/t35-,43+,48?;.